The average molecular weight is 655 g/mol. The summed E-state index contributed by atoms with van der Waals surface area (Å²) in [7, 11) is 0. The Labute approximate surface area is 294 Å². The molecule has 0 aliphatic rings. The lowest BCUT2D eigenvalue weighted by molar-refractivity contribution is 1.30. The molecule has 8 aromatic carbocycles. The maximum absolute atomic E-state index is 4.71. The third kappa shape index (κ3) is 4.67. The van der Waals surface area contributed by atoms with Crippen LogP contribution in [0.1, 0.15) is 0 Å². The van der Waals surface area contributed by atoms with Crippen molar-refractivity contribution >= 4 is 81.0 Å². The van der Waals surface area contributed by atoms with Crippen molar-refractivity contribution in [2.45, 2.75) is 0 Å². The van der Waals surface area contributed by atoms with Gasteiger partial charge in [-0.25, -0.2) is 4.98 Å². The molecule has 0 aliphatic heterocycles. The molecule has 0 unspecified atom stereocenters. The van der Waals surface area contributed by atoms with Crippen molar-refractivity contribution in [3.05, 3.63) is 182 Å². The first-order valence-electron chi connectivity index (χ1n) is 17.0. The zero-order valence-electron chi connectivity index (χ0n) is 27.1. The highest BCUT2D eigenvalue weighted by molar-refractivity contribution is 7.26. The molecule has 2 nitrogen and oxygen atoms in total. The number of hydrogen-bond acceptors (Lipinski definition) is 3. The number of hydrogen-bond donors (Lipinski definition) is 0. The minimum atomic E-state index is 1.06. The molecule has 0 aliphatic carbocycles. The van der Waals surface area contributed by atoms with Crippen LogP contribution < -0.4 is 4.90 Å². The Morgan fingerprint density at radius 2 is 0.860 bits per heavy atom. The van der Waals surface area contributed by atoms with E-state index in [1.165, 1.54) is 70.0 Å². The lowest BCUT2D eigenvalue weighted by atomic mass is 9.92. The summed E-state index contributed by atoms with van der Waals surface area (Å²) in [6.07, 6.45) is 1.88. The van der Waals surface area contributed by atoms with E-state index in [-0.39, 0.29) is 0 Å². The van der Waals surface area contributed by atoms with Gasteiger partial charge >= 0.3 is 0 Å². The Morgan fingerprint density at radius 3 is 1.52 bits per heavy atom. The highest BCUT2D eigenvalue weighted by Crippen LogP contribution is 2.45. The Morgan fingerprint density at radius 1 is 0.360 bits per heavy atom. The van der Waals surface area contributed by atoms with Crippen LogP contribution in [0.5, 0.6) is 0 Å². The quantitative estimate of drug-likeness (QED) is 0.172. The third-order valence-corrected chi connectivity index (χ3v) is 11.1. The summed E-state index contributed by atoms with van der Waals surface area (Å²) >= 11 is 1.76. The van der Waals surface area contributed by atoms with E-state index >= 15 is 0 Å². The molecule has 0 fully saturated rings. The van der Waals surface area contributed by atoms with Gasteiger partial charge in [0.05, 0.1) is 10.4 Å². The average Bonchev–Trinajstić information content (AvgIpc) is 3.58. The van der Waals surface area contributed by atoms with E-state index in [4.69, 9.17) is 4.98 Å². The summed E-state index contributed by atoms with van der Waals surface area (Å²) in [5, 5.41) is 10.2. The fraction of sp³-hybridized carbons (Fsp3) is 0. The summed E-state index contributed by atoms with van der Waals surface area (Å²) in [6, 6.07) is 63.8. The van der Waals surface area contributed by atoms with E-state index in [1.54, 1.807) is 11.3 Å². The van der Waals surface area contributed by atoms with Gasteiger partial charge in [-0.1, -0.05) is 127 Å². The van der Waals surface area contributed by atoms with Crippen molar-refractivity contribution in [3.63, 3.8) is 0 Å². The molecule has 10 rings (SSSR count). The second-order valence-corrected chi connectivity index (χ2v) is 13.8. The van der Waals surface area contributed by atoms with Crippen molar-refractivity contribution < 1.29 is 0 Å². The fourth-order valence-corrected chi connectivity index (χ4v) is 8.69. The van der Waals surface area contributed by atoms with Crippen LogP contribution in [0, 0.1) is 0 Å². The lowest BCUT2D eigenvalue weighted by Crippen LogP contribution is -2.10. The van der Waals surface area contributed by atoms with Crippen molar-refractivity contribution in [2.24, 2.45) is 0 Å². The number of benzene rings is 8. The first kappa shape index (κ1) is 28.7. The van der Waals surface area contributed by atoms with Gasteiger partial charge in [-0.3, -0.25) is 0 Å². The van der Waals surface area contributed by atoms with Gasteiger partial charge in [0.15, 0.2) is 0 Å². The molecule has 0 amide bonds. The molecular weight excluding hydrogens is 625 g/mol. The smallest absolute Gasteiger partial charge is 0.124 e. The van der Waals surface area contributed by atoms with Crippen LogP contribution in [0.4, 0.5) is 17.1 Å². The lowest BCUT2D eigenvalue weighted by Gasteiger charge is -2.26. The van der Waals surface area contributed by atoms with Crippen molar-refractivity contribution in [2.75, 3.05) is 4.90 Å². The normalized spacial score (nSPS) is 11.6. The Balaban J connectivity index is 1.11. The van der Waals surface area contributed by atoms with Gasteiger partial charge in [-0.15, -0.1) is 11.3 Å². The van der Waals surface area contributed by atoms with E-state index in [9.17, 15) is 0 Å². The van der Waals surface area contributed by atoms with Gasteiger partial charge in [0.1, 0.15) is 4.83 Å². The van der Waals surface area contributed by atoms with Crippen LogP contribution in [0.25, 0.3) is 74.9 Å². The minimum Gasteiger partial charge on any atom is -0.309 e. The maximum atomic E-state index is 4.71. The predicted molar refractivity (Wildman–Crippen MR) is 215 cm³/mol. The highest BCUT2D eigenvalue weighted by atomic mass is 32.1. The van der Waals surface area contributed by atoms with Gasteiger partial charge in [0, 0.05) is 28.3 Å². The molecule has 0 radical (unpaired) electrons. The number of anilines is 3. The van der Waals surface area contributed by atoms with Gasteiger partial charge < -0.3 is 4.90 Å². The van der Waals surface area contributed by atoms with Crippen LogP contribution in [0.2, 0.25) is 0 Å². The van der Waals surface area contributed by atoms with E-state index in [0.29, 0.717) is 0 Å². The number of fused-ring (bicyclic) bond motifs is 9. The summed E-state index contributed by atoms with van der Waals surface area (Å²) in [5.74, 6) is 0. The third-order valence-electron chi connectivity index (χ3n) is 9.93. The molecule has 234 valence electrons. The van der Waals surface area contributed by atoms with E-state index < -0.39 is 0 Å². The predicted octanol–water partition coefficient (Wildman–Crippen LogP) is 13.7. The number of aromatic nitrogens is 1. The molecule has 0 N–H and O–H groups in total. The molecule has 0 saturated heterocycles. The Hall–Kier alpha value is -6.29. The van der Waals surface area contributed by atoms with E-state index in [0.717, 1.165) is 21.9 Å². The minimum absolute atomic E-state index is 1.06. The zero-order chi connectivity index (χ0) is 33.0. The Bertz CT molecular complexity index is 2820. The first-order chi connectivity index (χ1) is 24.8. The largest absolute Gasteiger partial charge is 0.309 e. The summed E-state index contributed by atoms with van der Waals surface area (Å²) < 4.78 is 1.23. The van der Waals surface area contributed by atoms with Crippen LogP contribution in [0.15, 0.2) is 182 Å². The molecule has 0 bridgehead atoms. The molecule has 3 heteroatoms. The molecule has 0 atom stereocenters. The molecule has 2 aromatic heterocycles. The van der Waals surface area contributed by atoms with E-state index in [2.05, 4.69) is 175 Å². The Kier molecular flexibility index (Phi) is 6.71. The fourth-order valence-electron chi connectivity index (χ4n) is 7.55. The van der Waals surface area contributed by atoms with Gasteiger partial charge in [-0.2, -0.15) is 0 Å². The molecule has 10 aromatic rings. The van der Waals surface area contributed by atoms with Crippen molar-refractivity contribution in [3.8, 4) is 22.3 Å². The SMILES string of the molecule is c1ccc(-c2ccc(N(c3ccc(-c4ccc5c6ccccc6c6ccccc6c5c4)cc3)c3cccc4c3sc3ncccc34)cc2)cc1. The topological polar surface area (TPSA) is 16.1 Å². The first-order valence-corrected chi connectivity index (χ1v) is 17.8. The summed E-state index contributed by atoms with van der Waals surface area (Å²) in [4.78, 5) is 8.15. The van der Waals surface area contributed by atoms with Crippen molar-refractivity contribution in [1.82, 2.24) is 4.98 Å². The van der Waals surface area contributed by atoms with Crippen LogP contribution >= 0.6 is 11.3 Å². The number of pyridine rings is 1. The summed E-state index contributed by atoms with van der Waals surface area (Å²) in [6.45, 7) is 0. The number of rotatable bonds is 5. The van der Waals surface area contributed by atoms with Gasteiger partial charge in [0.25, 0.3) is 0 Å². The van der Waals surface area contributed by atoms with Crippen LogP contribution in [-0.4, -0.2) is 4.98 Å². The molecule has 2 heterocycles. The highest BCUT2D eigenvalue weighted by Gasteiger charge is 2.19. The molecular formula is C47H30N2S. The molecule has 0 spiro atoms. The second-order valence-electron chi connectivity index (χ2n) is 12.8. The van der Waals surface area contributed by atoms with E-state index in [1.807, 2.05) is 12.3 Å². The maximum Gasteiger partial charge on any atom is 0.124 e. The molecule has 50 heavy (non-hydrogen) atoms. The number of nitrogens with zero attached hydrogens (tertiary/aromatic N) is 2. The van der Waals surface area contributed by atoms with Crippen LogP contribution in [-0.2, 0) is 0 Å². The van der Waals surface area contributed by atoms with Gasteiger partial charge in [-0.05, 0) is 103 Å². The van der Waals surface area contributed by atoms with Gasteiger partial charge in [0.2, 0.25) is 0 Å². The number of thiophene rings is 1. The second kappa shape index (κ2) is 11.7. The standard InChI is InChI=1S/C47H30N2S/c1-2-10-31(11-3-1)32-19-24-35(25-20-32)49(45-18-8-16-42-43-17-9-29-48-47(43)50-46(42)45)36-26-21-33(22-27-36)34-23-28-41-39-14-5-4-12-37(39)38-13-6-7-15-40(38)44(41)30-34/h1-30H. The van der Waals surface area contributed by atoms with Crippen molar-refractivity contribution in [1.29, 1.82) is 0 Å². The van der Waals surface area contributed by atoms with Crippen LogP contribution in [0.3, 0.4) is 0 Å². The zero-order valence-corrected chi connectivity index (χ0v) is 27.9. The molecule has 0 saturated carbocycles. The monoisotopic (exact) mass is 654 g/mol. The summed E-state index contributed by atoms with van der Waals surface area (Å²) in [5.41, 5.74) is 8.18.